The number of halogens is 1. The van der Waals surface area contributed by atoms with Crippen molar-refractivity contribution in [2.75, 3.05) is 0 Å². The Hall–Kier alpha value is -1.48. The van der Waals surface area contributed by atoms with Crippen LogP contribution in [0.3, 0.4) is 0 Å². The molecular formula is C27H33BrO2Se. The van der Waals surface area contributed by atoms with Gasteiger partial charge in [0.05, 0.1) is 0 Å². The van der Waals surface area contributed by atoms with Crippen molar-refractivity contribution >= 4 is 53.0 Å². The molecule has 31 heavy (non-hydrogen) atoms. The van der Waals surface area contributed by atoms with Gasteiger partial charge in [0.25, 0.3) is 0 Å². The summed E-state index contributed by atoms with van der Waals surface area (Å²) in [5.74, 6) is -0.128. The number of ketones is 2. The topological polar surface area (TPSA) is 34.1 Å². The Morgan fingerprint density at radius 1 is 1.03 bits per heavy atom. The summed E-state index contributed by atoms with van der Waals surface area (Å²) in [6.45, 7) is 6.22. The second-order valence-electron chi connectivity index (χ2n) is 8.26. The molecule has 2 nitrogen and oxygen atoms in total. The zero-order valence-electron chi connectivity index (χ0n) is 18.8. The molecule has 0 aliphatic carbocycles. The molecular weight excluding hydrogens is 515 g/mol. The molecule has 4 heteroatoms. The van der Waals surface area contributed by atoms with Gasteiger partial charge in [-0.2, -0.15) is 0 Å². The first-order chi connectivity index (χ1) is 14.9. The Bertz CT molecular complexity index is 857. The van der Waals surface area contributed by atoms with Gasteiger partial charge in [-0.05, 0) is 0 Å². The Balaban J connectivity index is 2.22. The standard InChI is InChI=1S/C27H33BrO2Se/c1-4-5-9-22(19-21-12-14-23(28)15-13-21)27(30)25(26(29)18-20(2)3)16-17-31-24-10-7-6-8-11-24/h6-8,10-15,19-20,25H,4-5,9,16-18H2,1-3H3/b22-19+. The molecule has 1 unspecified atom stereocenters. The molecule has 0 N–H and O–H groups in total. The predicted molar refractivity (Wildman–Crippen MR) is 136 cm³/mol. The van der Waals surface area contributed by atoms with Crippen molar-refractivity contribution in [1.82, 2.24) is 0 Å². The molecule has 0 aliphatic rings. The average molecular weight is 548 g/mol. The number of allylic oxidation sites excluding steroid dienone is 1. The maximum absolute atomic E-state index is 13.6. The van der Waals surface area contributed by atoms with Crippen LogP contribution in [0.15, 0.2) is 64.6 Å². The molecule has 0 radical (unpaired) electrons. The van der Waals surface area contributed by atoms with E-state index in [1.165, 1.54) is 4.46 Å². The summed E-state index contributed by atoms with van der Waals surface area (Å²) in [5.41, 5.74) is 1.80. The molecule has 0 aliphatic heterocycles. The van der Waals surface area contributed by atoms with Crippen LogP contribution in [0.1, 0.15) is 58.4 Å². The van der Waals surface area contributed by atoms with Crippen LogP contribution < -0.4 is 4.46 Å². The molecule has 2 rings (SSSR count). The number of carbonyl (C=O) groups is 2. The zero-order valence-corrected chi connectivity index (χ0v) is 22.1. The summed E-state index contributed by atoms with van der Waals surface area (Å²) >= 11 is 3.74. The van der Waals surface area contributed by atoms with Crippen LogP contribution in [0.2, 0.25) is 5.32 Å². The summed E-state index contributed by atoms with van der Waals surface area (Å²) < 4.78 is 2.33. The molecule has 0 bridgehead atoms. The molecule has 0 heterocycles. The zero-order chi connectivity index (χ0) is 22.6. The summed E-state index contributed by atoms with van der Waals surface area (Å²) in [7, 11) is 0. The molecule has 2 aromatic rings. The average Bonchev–Trinajstić information content (AvgIpc) is 2.75. The van der Waals surface area contributed by atoms with E-state index in [-0.39, 0.29) is 32.4 Å². The van der Waals surface area contributed by atoms with E-state index in [1.54, 1.807) is 0 Å². The van der Waals surface area contributed by atoms with E-state index >= 15 is 0 Å². The van der Waals surface area contributed by atoms with Crippen LogP contribution >= 0.6 is 15.9 Å². The number of rotatable bonds is 13. The van der Waals surface area contributed by atoms with Gasteiger partial charge in [-0.1, -0.05) is 0 Å². The fraction of sp³-hybridized carbons (Fsp3) is 0.407. The fourth-order valence-electron chi connectivity index (χ4n) is 3.41. The SMILES string of the molecule is CCCC/C(=C\c1ccc(Br)cc1)C(=O)C(CC[Se]c1ccccc1)C(=O)CC(C)C. The van der Waals surface area contributed by atoms with Gasteiger partial charge >= 0.3 is 203 Å². The van der Waals surface area contributed by atoms with Crippen molar-refractivity contribution < 1.29 is 9.59 Å². The first kappa shape index (κ1) is 25.8. The Morgan fingerprint density at radius 2 is 1.71 bits per heavy atom. The van der Waals surface area contributed by atoms with Gasteiger partial charge in [-0.25, -0.2) is 0 Å². The van der Waals surface area contributed by atoms with Gasteiger partial charge in [-0.15, -0.1) is 0 Å². The van der Waals surface area contributed by atoms with Crippen molar-refractivity contribution in [1.29, 1.82) is 0 Å². The minimum atomic E-state index is -0.522. The van der Waals surface area contributed by atoms with E-state index in [2.05, 4.69) is 35.0 Å². The number of unbranched alkanes of at least 4 members (excludes halogenated alkanes) is 1. The van der Waals surface area contributed by atoms with Crippen LogP contribution in [0.5, 0.6) is 0 Å². The number of hydrogen-bond donors (Lipinski definition) is 0. The Labute approximate surface area is 202 Å². The number of hydrogen-bond acceptors (Lipinski definition) is 2. The van der Waals surface area contributed by atoms with Crippen molar-refractivity contribution in [3.63, 3.8) is 0 Å². The van der Waals surface area contributed by atoms with Crippen LogP contribution in [0.25, 0.3) is 6.08 Å². The molecule has 0 spiro atoms. The van der Waals surface area contributed by atoms with Crippen LogP contribution in [0, 0.1) is 11.8 Å². The second kappa shape index (κ2) is 13.8. The molecule has 166 valence electrons. The van der Waals surface area contributed by atoms with Gasteiger partial charge < -0.3 is 0 Å². The van der Waals surface area contributed by atoms with Crippen LogP contribution in [-0.2, 0) is 9.59 Å². The summed E-state index contributed by atoms with van der Waals surface area (Å²) in [6, 6.07) is 18.4. The second-order valence-corrected chi connectivity index (χ2v) is 11.6. The maximum atomic E-state index is 13.6. The summed E-state index contributed by atoms with van der Waals surface area (Å²) in [5, 5.41) is 0.899. The van der Waals surface area contributed by atoms with E-state index in [0.717, 1.165) is 40.2 Å². The first-order valence-corrected chi connectivity index (χ1v) is 14.0. The fourth-order valence-corrected chi connectivity index (χ4v) is 5.65. The number of benzene rings is 2. The van der Waals surface area contributed by atoms with E-state index in [1.807, 2.05) is 62.4 Å². The molecule has 0 amide bonds. The Morgan fingerprint density at radius 3 is 2.32 bits per heavy atom. The predicted octanol–water partition coefficient (Wildman–Crippen LogP) is 6.66. The van der Waals surface area contributed by atoms with Gasteiger partial charge in [0, 0.05) is 0 Å². The van der Waals surface area contributed by atoms with E-state index in [4.69, 9.17) is 0 Å². The quantitative estimate of drug-likeness (QED) is 0.159. The number of carbonyl (C=O) groups excluding carboxylic acids is 2. The molecule has 1 atom stereocenters. The number of Topliss-reactive ketones (excluding diaryl/α,β-unsaturated/α-hetero) is 2. The van der Waals surface area contributed by atoms with Crippen LogP contribution in [0.4, 0.5) is 0 Å². The molecule has 2 aromatic carbocycles. The van der Waals surface area contributed by atoms with Gasteiger partial charge in [0.2, 0.25) is 0 Å². The summed E-state index contributed by atoms with van der Waals surface area (Å²) in [6.07, 6.45) is 5.79. The molecule has 0 fully saturated rings. The Kier molecular flexibility index (Phi) is 11.5. The van der Waals surface area contributed by atoms with Crippen molar-refractivity contribution in [2.45, 2.75) is 58.2 Å². The first-order valence-electron chi connectivity index (χ1n) is 11.1. The monoisotopic (exact) mass is 548 g/mol. The molecule has 0 saturated carbocycles. The van der Waals surface area contributed by atoms with Gasteiger partial charge in [0.15, 0.2) is 0 Å². The van der Waals surface area contributed by atoms with E-state index < -0.39 is 5.92 Å². The van der Waals surface area contributed by atoms with Crippen molar-refractivity contribution in [3.8, 4) is 0 Å². The molecule has 0 saturated heterocycles. The third-order valence-corrected chi connectivity index (χ3v) is 7.78. The van der Waals surface area contributed by atoms with Gasteiger partial charge in [-0.3, -0.25) is 0 Å². The third-order valence-electron chi connectivity index (χ3n) is 5.06. The summed E-state index contributed by atoms with van der Waals surface area (Å²) in [4.78, 5) is 26.7. The van der Waals surface area contributed by atoms with E-state index in [0.29, 0.717) is 12.8 Å². The normalized spacial score (nSPS) is 12.7. The van der Waals surface area contributed by atoms with E-state index in [9.17, 15) is 9.59 Å². The third kappa shape index (κ3) is 9.27. The van der Waals surface area contributed by atoms with Crippen molar-refractivity contribution in [2.24, 2.45) is 11.8 Å². The minimum absolute atomic E-state index is 0.0332. The van der Waals surface area contributed by atoms with Gasteiger partial charge in [0.1, 0.15) is 0 Å². The molecule has 0 aromatic heterocycles. The van der Waals surface area contributed by atoms with Crippen LogP contribution in [-0.4, -0.2) is 26.5 Å². The van der Waals surface area contributed by atoms with Crippen molar-refractivity contribution in [3.05, 3.63) is 70.2 Å².